The van der Waals surface area contributed by atoms with Crippen LogP contribution in [0.4, 0.5) is 5.69 Å². The number of rotatable bonds is 4. The van der Waals surface area contributed by atoms with Crippen LogP contribution in [0.3, 0.4) is 0 Å². The maximum absolute atomic E-state index is 11.0. The number of nitrogens with zero attached hydrogens (tertiary/aromatic N) is 2. The second-order valence-electron chi connectivity index (χ2n) is 6.37. The van der Waals surface area contributed by atoms with Crippen molar-refractivity contribution in [3.05, 3.63) is 64.7 Å². The number of carbonyl (C=O) groups excluding carboxylic acids is 1. The molecule has 0 amide bonds. The van der Waals surface area contributed by atoms with E-state index in [1.807, 2.05) is 12.1 Å². The molecule has 1 fully saturated rings. The van der Waals surface area contributed by atoms with Crippen molar-refractivity contribution >= 4 is 12.0 Å². The highest BCUT2D eigenvalue weighted by Crippen LogP contribution is 2.27. The molecule has 0 saturated carbocycles. The molecule has 1 saturated heterocycles. The second kappa shape index (κ2) is 6.97. The molecule has 2 aromatic rings. The van der Waals surface area contributed by atoms with E-state index in [1.165, 1.54) is 22.4 Å². The van der Waals surface area contributed by atoms with Crippen molar-refractivity contribution in [1.82, 2.24) is 4.90 Å². The van der Waals surface area contributed by atoms with Crippen molar-refractivity contribution in [2.75, 3.05) is 31.1 Å². The van der Waals surface area contributed by atoms with Crippen molar-refractivity contribution in [2.24, 2.45) is 0 Å². The fraction of sp³-hybridized carbons (Fsp3) is 0.350. The van der Waals surface area contributed by atoms with Crippen molar-refractivity contribution < 1.29 is 4.79 Å². The Kier molecular flexibility index (Phi) is 4.77. The van der Waals surface area contributed by atoms with E-state index in [9.17, 15) is 4.79 Å². The number of anilines is 1. The van der Waals surface area contributed by atoms with Gasteiger partial charge in [-0.15, -0.1) is 0 Å². The lowest BCUT2D eigenvalue weighted by Crippen LogP contribution is -2.46. The lowest BCUT2D eigenvalue weighted by molar-refractivity contribution is 0.112. The molecule has 3 nitrogen and oxygen atoms in total. The second-order valence-corrected chi connectivity index (χ2v) is 6.37. The zero-order valence-electron chi connectivity index (χ0n) is 14.0. The zero-order valence-corrected chi connectivity index (χ0v) is 14.0. The van der Waals surface area contributed by atoms with E-state index < -0.39 is 0 Å². The summed E-state index contributed by atoms with van der Waals surface area (Å²) in [5, 5.41) is 0. The lowest BCUT2D eigenvalue weighted by Gasteiger charge is -2.37. The van der Waals surface area contributed by atoms with Crippen LogP contribution in [0.25, 0.3) is 0 Å². The SMILES string of the molecule is Cc1cc(C=O)cc(C)c1N1CCN(Cc2ccccc2)CC1. The molecule has 1 aliphatic heterocycles. The Bertz CT molecular complexity index is 650. The van der Waals surface area contributed by atoms with Gasteiger partial charge in [-0.3, -0.25) is 9.69 Å². The molecule has 2 aromatic carbocycles. The first-order chi connectivity index (χ1) is 11.2. The van der Waals surface area contributed by atoms with E-state index in [2.05, 4.69) is 54.0 Å². The molecular formula is C20H24N2O. The van der Waals surface area contributed by atoms with Crippen LogP contribution in [0.2, 0.25) is 0 Å². The summed E-state index contributed by atoms with van der Waals surface area (Å²) in [5.74, 6) is 0. The first kappa shape index (κ1) is 15.8. The maximum atomic E-state index is 11.0. The third-order valence-corrected chi connectivity index (χ3v) is 4.59. The van der Waals surface area contributed by atoms with E-state index >= 15 is 0 Å². The van der Waals surface area contributed by atoms with Gasteiger partial charge in [-0.2, -0.15) is 0 Å². The Hall–Kier alpha value is -2.13. The molecule has 120 valence electrons. The highest BCUT2D eigenvalue weighted by molar-refractivity contribution is 5.78. The van der Waals surface area contributed by atoms with Gasteiger partial charge in [0.25, 0.3) is 0 Å². The topological polar surface area (TPSA) is 23.6 Å². The smallest absolute Gasteiger partial charge is 0.150 e. The van der Waals surface area contributed by atoms with E-state index in [0.717, 1.165) is 44.6 Å². The highest BCUT2D eigenvalue weighted by atomic mass is 16.1. The van der Waals surface area contributed by atoms with Gasteiger partial charge in [-0.1, -0.05) is 30.3 Å². The van der Waals surface area contributed by atoms with Gasteiger partial charge in [0.05, 0.1) is 0 Å². The zero-order chi connectivity index (χ0) is 16.2. The Labute approximate surface area is 138 Å². The van der Waals surface area contributed by atoms with Crippen LogP contribution >= 0.6 is 0 Å². The van der Waals surface area contributed by atoms with Gasteiger partial charge >= 0.3 is 0 Å². The summed E-state index contributed by atoms with van der Waals surface area (Å²) in [7, 11) is 0. The molecule has 1 heterocycles. The van der Waals surface area contributed by atoms with E-state index in [-0.39, 0.29) is 0 Å². The van der Waals surface area contributed by atoms with Gasteiger partial charge in [-0.25, -0.2) is 0 Å². The first-order valence-electron chi connectivity index (χ1n) is 8.25. The average molecular weight is 308 g/mol. The normalized spacial score (nSPS) is 15.7. The van der Waals surface area contributed by atoms with Crippen LogP contribution in [0, 0.1) is 13.8 Å². The fourth-order valence-corrected chi connectivity index (χ4v) is 3.53. The molecule has 3 rings (SSSR count). The Morgan fingerprint density at radius 2 is 1.57 bits per heavy atom. The van der Waals surface area contributed by atoms with Crippen LogP contribution in [0.1, 0.15) is 27.0 Å². The van der Waals surface area contributed by atoms with Gasteiger partial charge in [0.1, 0.15) is 6.29 Å². The maximum Gasteiger partial charge on any atom is 0.150 e. The Morgan fingerprint density at radius 1 is 0.957 bits per heavy atom. The monoisotopic (exact) mass is 308 g/mol. The molecule has 0 aliphatic carbocycles. The predicted octanol–water partition coefficient (Wildman–Crippen LogP) is 3.44. The largest absolute Gasteiger partial charge is 0.369 e. The number of aldehydes is 1. The van der Waals surface area contributed by atoms with Crippen LogP contribution in [-0.4, -0.2) is 37.4 Å². The van der Waals surface area contributed by atoms with Gasteiger partial charge in [0.15, 0.2) is 0 Å². The molecular weight excluding hydrogens is 284 g/mol. The molecule has 23 heavy (non-hydrogen) atoms. The van der Waals surface area contributed by atoms with E-state index in [0.29, 0.717) is 0 Å². The Balaban J connectivity index is 1.66. The van der Waals surface area contributed by atoms with Crippen LogP contribution in [-0.2, 0) is 6.54 Å². The third-order valence-electron chi connectivity index (χ3n) is 4.59. The summed E-state index contributed by atoms with van der Waals surface area (Å²) < 4.78 is 0. The third kappa shape index (κ3) is 3.62. The minimum atomic E-state index is 0.770. The summed E-state index contributed by atoms with van der Waals surface area (Å²) in [6, 6.07) is 14.6. The number of hydrogen-bond donors (Lipinski definition) is 0. The molecule has 0 spiro atoms. The first-order valence-corrected chi connectivity index (χ1v) is 8.25. The lowest BCUT2D eigenvalue weighted by atomic mass is 10.0. The molecule has 1 aliphatic rings. The number of piperazine rings is 1. The van der Waals surface area contributed by atoms with Gasteiger partial charge < -0.3 is 4.90 Å². The summed E-state index contributed by atoms with van der Waals surface area (Å²) in [6.07, 6.45) is 0.932. The minimum Gasteiger partial charge on any atom is -0.369 e. The van der Waals surface area contributed by atoms with Crippen LogP contribution < -0.4 is 4.90 Å². The number of benzene rings is 2. The summed E-state index contributed by atoms with van der Waals surface area (Å²) in [6.45, 7) is 9.45. The summed E-state index contributed by atoms with van der Waals surface area (Å²) >= 11 is 0. The average Bonchev–Trinajstić information content (AvgIpc) is 2.56. The fourth-order valence-electron chi connectivity index (χ4n) is 3.53. The number of hydrogen-bond acceptors (Lipinski definition) is 3. The minimum absolute atomic E-state index is 0.770. The molecule has 0 aromatic heterocycles. The highest BCUT2D eigenvalue weighted by Gasteiger charge is 2.20. The number of carbonyl (C=O) groups is 1. The van der Waals surface area contributed by atoms with E-state index in [1.54, 1.807) is 0 Å². The molecule has 3 heteroatoms. The van der Waals surface area contributed by atoms with Crippen molar-refractivity contribution in [3.63, 3.8) is 0 Å². The van der Waals surface area contributed by atoms with Gasteiger partial charge in [0, 0.05) is 44.0 Å². The molecule has 0 N–H and O–H groups in total. The quantitative estimate of drug-likeness (QED) is 0.808. The predicted molar refractivity (Wildman–Crippen MR) is 95.2 cm³/mol. The Morgan fingerprint density at radius 3 is 2.13 bits per heavy atom. The standard InChI is InChI=1S/C20H24N2O/c1-16-12-19(15-23)13-17(2)20(16)22-10-8-21(9-11-22)14-18-6-4-3-5-7-18/h3-7,12-13,15H,8-11,14H2,1-2H3. The number of aryl methyl sites for hydroxylation is 2. The molecule has 0 bridgehead atoms. The molecule has 0 atom stereocenters. The van der Waals surface area contributed by atoms with Gasteiger partial charge in [0.2, 0.25) is 0 Å². The van der Waals surface area contributed by atoms with Crippen molar-refractivity contribution in [3.8, 4) is 0 Å². The molecule has 0 radical (unpaired) electrons. The summed E-state index contributed by atoms with van der Waals surface area (Å²) in [4.78, 5) is 16.0. The van der Waals surface area contributed by atoms with Gasteiger partial charge in [-0.05, 0) is 42.7 Å². The summed E-state index contributed by atoms with van der Waals surface area (Å²) in [5.41, 5.74) is 5.84. The molecule has 0 unspecified atom stereocenters. The van der Waals surface area contributed by atoms with Crippen molar-refractivity contribution in [2.45, 2.75) is 20.4 Å². The van der Waals surface area contributed by atoms with Crippen LogP contribution in [0.5, 0.6) is 0 Å². The van der Waals surface area contributed by atoms with Crippen LogP contribution in [0.15, 0.2) is 42.5 Å². The van der Waals surface area contributed by atoms with Crippen molar-refractivity contribution in [1.29, 1.82) is 0 Å². The van der Waals surface area contributed by atoms with E-state index in [4.69, 9.17) is 0 Å².